The zero-order valence-corrected chi connectivity index (χ0v) is 16.9. The van der Waals surface area contributed by atoms with E-state index in [1.165, 1.54) is 24.3 Å². The number of alkyl halides is 3. The van der Waals surface area contributed by atoms with Crippen LogP contribution in [0.15, 0.2) is 72.8 Å². The summed E-state index contributed by atoms with van der Waals surface area (Å²) in [6, 6.07) is 16.9. The Balaban J connectivity index is 1.44. The number of hydrogen-bond donors (Lipinski definition) is 2. The van der Waals surface area contributed by atoms with Crippen LogP contribution in [0, 0.1) is 6.92 Å². The molecule has 4 aromatic rings. The normalized spacial score (nSPS) is 11.9. The third-order valence-electron chi connectivity index (χ3n) is 4.86. The Hall–Kier alpha value is -4.07. The van der Waals surface area contributed by atoms with Crippen LogP contribution >= 0.6 is 0 Å². The summed E-state index contributed by atoms with van der Waals surface area (Å²) in [7, 11) is 0. The van der Waals surface area contributed by atoms with Gasteiger partial charge in [-0.2, -0.15) is 17.9 Å². The highest BCUT2D eigenvalue weighted by Crippen LogP contribution is 2.29. The maximum Gasteiger partial charge on any atom is 0.416 e. The van der Waals surface area contributed by atoms with E-state index in [1.54, 1.807) is 24.3 Å². The molecule has 0 aliphatic carbocycles. The van der Waals surface area contributed by atoms with Crippen LogP contribution in [0.1, 0.15) is 16.7 Å². The Morgan fingerprint density at radius 3 is 2.38 bits per heavy atom. The summed E-state index contributed by atoms with van der Waals surface area (Å²) in [5.74, 6) is -0.0480. The predicted molar refractivity (Wildman–Crippen MR) is 116 cm³/mol. The van der Waals surface area contributed by atoms with Gasteiger partial charge in [0.25, 0.3) is 0 Å². The van der Waals surface area contributed by atoms with Crippen molar-refractivity contribution in [3.63, 3.8) is 0 Å². The number of nitrogens with zero attached hydrogens (tertiary/aromatic N) is 2. The zero-order chi connectivity index (χ0) is 22.9. The van der Waals surface area contributed by atoms with Crippen molar-refractivity contribution in [1.82, 2.24) is 9.71 Å². The first-order valence-corrected chi connectivity index (χ1v) is 9.66. The fourth-order valence-electron chi connectivity index (χ4n) is 3.20. The van der Waals surface area contributed by atoms with Crippen molar-refractivity contribution < 1.29 is 23.2 Å². The molecule has 0 aliphatic heterocycles. The first-order valence-electron chi connectivity index (χ1n) is 9.66. The molecule has 0 saturated heterocycles. The quantitative estimate of drug-likeness (QED) is 0.308. The van der Waals surface area contributed by atoms with Gasteiger partial charge in [0.15, 0.2) is 5.82 Å². The number of aromatic nitrogens is 2. The number of carbonyl (C=O) groups is 1. The standard InChI is InChI=1S/C24H18F3N3O2/c1-15-2-12-20-21(14-15)30(32)23(29-20)17-6-10-19(11-7-17)28-22(31)13-5-16-3-8-18(9-4-16)24(25,26)27/h2-14,32H,1H3,(H,28,31)/b13-5+. The molecule has 4 rings (SSSR count). The van der Waals surface area contributed by atoms with Gasteiger partial charge in [0.2, 0.25) is 5.91 Å². The number of anilines is 1. The molecule has 0 atom stereocenters. The lowest BCUT2D eigenvalue weighted by molar-refractivity contribution is -0.137. The van der Waals surface area contributed by atoms with Gasteiger partial charge >= 0.3 is 6.18 Å². The van der Waals surface area contributed by atoms with Crippen LogP contribution in [0.2, 0.25) is 0 Å². The highest BCUT2D eigenvalue weighted by atomic mass is 19.4. The molecule has 1 amide bonds. The largest absolute Gasteiger partial charge is 0.426 e. The minimum atomic E-state index is -4.40. The SMILES string of the molecule is Cc1ccc2nc(-c3ccc(NC(=O)/C=C/c4ccc(C(F)(F)F)cc4)cc3)n(O)c2c1. The maximum atomic E-state index is 12.6. The van der Waals surface area contributed by atoms with Gasteiger partial charge < -0.3 is 10.5 Å². The average Bonchev–Trinajstić information content (AvgIpc) is 3.08. The minimum Gasteiger partial charge on any atom is -0.426 e. The van der Waals surface area contributed by atoms with Gasteiger partial charge in [-0.3, -0.25) is 4.79 Å². The van der Waals surface area contributed by atoms with Crippen molar-refractivity contribution in [1.29, 1.82) is 0 Å². The van der Waals surface area contributed by atoms with E-state index in [4.69, 9.17) is 0 Å². The second kappa shape index (κ2) is 8.22. The number of halogens is 3. The smallest absolute Gasteiger partial charge is 0.416 e. The van der Waals surface area contributed by atoms with E-state index in [2.05, 4.69) is 10.3 Å². The van der Waals surface area contributed by atoms with Gasteiger partial charge in [0, 0.05) is 17.3 Å². The number of carbonyl (C=O) groups excluding carboxylic acids is 1. The molecule has 0 aliphatic rings. The van der Waals surface area contributed by atoms with Crippen LogP contribution < -0.4 is 5.32 Å². The van der Waals surface area contributed by atoms with Crippen LogP contribution in [-0.4, -0.2) is 20.8 Å². The lowest BCUT2D eigenvalue weighted by atomic mass is 10.1. The summed E-state index contributed by atoms with van der Waals surface area (Å²) in [5, 5.41) is 13.1. The van der Waals surface area contributed by atoms with Crippen molar-refractivity contribution in [2.75, 3.05) is 5.32 Å². The number of aryl methyl sites for hydroxylation is 1. The number of imidazole rings is 1. The third-order valence-corrected chi connectivity index (χ3v) is 4.86. The summed E-state index contributed by atoms with van der Waals surface area (Å²) in [4.78, 5) is 16.6. The van der Waals surface area contributed by atoms with E-state index in [0.29, 0.717) is 33.7 Å². The van der Waals surface area contributed by atoms with E-state index < -0.39 is 17.6 Å². The number of benzene rings is 3. The van der Waals surface area contributed by atoms with Gasteiger partial charge in [-0.05, 0) is 72.7 Å². The van der Waals surface area contributed by atoms with Crippen LogP contribution in [0.4, 0.5) is 18.9 Å². The second-order valence-electron chi connectivity index (χ2n) is 7.26. The highest BCUT2D eigenvalue weighted by molar-refractivity contribution is 6.02. The number of amides is 1. The molecular weight excluding hydrogens is 419 g/mol. The van der Waals surface area contributed by atoms with Crippen molar-refractivity contribution >= 4 is 28.7 Å². The number of hydrogen-bond acceptors (Lipinski definition) is 3. The molecule has 162 valence electrons. The first-order chi connectivity index (χ1) is 15.2. The van der Waals surface area contributed by atoms with Gasteiger partial charge in [0.05, 0.1) is 11.1 Å². The maximum absolute atomic E-state index is 12.6. The predicted octanol–water partition coefficient (Wildman–Crippen LogP) is 5.92. The van der Waals surface area contributed by atoms with E-state index >= 15 is 0 Å². The topological polar surface area (TPSA) is 67.2 Å². The van der Waals surface area contributed by atoms with E-state index in [-0.39, 0.29) is 0 Å². The molecule has 3 aromatic carbocycles. The summed E-state index contributed by atoms with van der Waals surface area (Å²) >= 11 is 0. The van der Waals surface area contributed by atoms with Crippen LogP contribution in [0.3, 0.4) is 0 Å². The molecule has 5 nitrogen and oxygen atoms in total. The minimum absolute atomic E-state index is 0.380. The van der Waals surface area contributed by atoms with E-state index in [0.717, 1.165) is 22.4 Å². The Morgan fingerprint density at radius 1 is 1.03 bits per heavy atom. The van der Waals surface area contributed by atoms with Gasteiger partial charge in [-0.25, -0.2) is 4.98 Å². The Morgan fingerprint density at radius 2 is 1.72 bits per heavy atom. The Kier molecular flexibility index (Phi) is 5.44. The zero-order valence-electron chi connectivity index (χ0n) is 16.9. The molecule has 8 heteroatoms. The molecule has 1 aromatic heterocycles. The van der Waals surface area contributed by atoms with Gasteiger partial charge in [-0.1, -0.05) is 18.2 Å². The highest BCUT2D eigenvalue weighted by Gasteiger charge is 2.29. The lowest BCUT2D eigenvalue weighted by Crippen LogP contribution is -2.07. The summed E-state index contributed by atoms with van der Waals surface area (Å²) in [6.45, 7) is 1.93. The fraction of sp³-hybridized carbons (Fsp3) is 0.0833. The van der Waals surface area contributed by atoms with Crippen molar-refractivity contribution in [2.45, 2.75) is 13.1 Å². The van der Waals surface area contributed by atoms with E-state index in [9.17, 15) is 23.2 Å². The van der Waals surface area contributed by atoms with Crippen molar-refractivity contribution in [3.8, 4) is 11.4 Å². The molecular formula is C24H18F3N3O2. The van der Waals surface area contributed by atoms with Crippen LogP contribution in [0.5, 0.6) is 0 Å². The molecule has 0 unspecified atom stereocenters. The first kappa shape index (κ1) is 21.2. The molecule has 0 fully saturated rings. The molecule has 2 N–H and O–H groups in total. The number of rotatable bonds is 4. The molecule has 32 heavy (non-hydrogen) atoms. The second-order valence-corrected chi connectivity index (χ2v) is 7.26. The Labute approximate surface area is 181 Å². The third kappa shape index (κ3) is 4.49. The van der Waals surface area contributed by atoms with Crippen molar-refractivity contribution in [3.05, 3.63) is 89.5 Å². The van der Waals surface area contributed by atoms with Crippen LogP contribution in [-0.2, 0) is 11.0 Å². The van der Waals surface area contributed by atoms with E-state index in [1.807, 2.05) is 25.1 Å². The summed E-state index contributed by atoms with van der Waals surface area (Å²) in [6.07, 6.45) is -1.73. The van der Waals surface area contributed by atoms with Gasteiger partial charge in [-0.15, -0.1) is 0 Å². The van der Waals surface area contributed by atoms with Crippen molar-refractivity contribution in [2.24, 2.45) is 0 Å². The monoisotopic (exact) mass is 437 g/mol. The number of fused-ring (bicyclic) bond motifs is 1. The lowest BCUT2D eigenvalue weighted by Gasteiger charge is -2.06. The summed E-state index contributed by atoms with van der Waals surface area (Å²) in [5.41, 5.74) is 3.18. The Bertz CT molecular complexity index is 1310. The summed E-state index contributed by atoms with van der Waals surface area (Å²) < 4.78 is 38.8. The fourth-order valence-corrected chi connectivity index (χ4v) is 3.20. The average molecular weight is 437 g/mol. The van der Waals surface area contributed by atoms with Gasteiger partial charge in [0.1, 0.15) is 5.52 Å². The molecule has 0 saturated carbocycles. The molecule has 0 bridgehead atoms. The molecule has 1 heterocycles. The van der Waals surface area contributed by atoms with Crippen LogP contribution in [0.25, 0.3) is 28.5 Å². The molecule has 0 spiro atoms. The number of nitrogens with one attached hydrogen (secondary N) is 1. The molecule has 0 radical (unpaired) electrons.